The van der Waals surface area contributed by atoms with Crippen molar-refractivity contribution >= 4 is 152 Å². The number of rotatable bonds is 9. The largest absolute Gasteiger partial charge is 0.456 e. The second-order valence-electron chi connectivity index (χ2n) is 40.5. The van der Waals surface area contributed by atoms with Gasteiger partial charge in [-0.05, 0) is 256 Å². The number of thiophene rings is 1. The van der Waals surface area contributed by atoms with Crippen molar-refractivity contribution < 1.29 is 4.42 Å². The summed E-state index contributed by atoms with van der Waals surface area (Å²) in [6, 6.07) is 148. The van der Waals surface area contributed by atoms with Gasteiger partial charge in [0.15, 0.2) is 17.5 Å². The summed E-state index contributed by atoms with van der Waals surface area (Å²) >= 11 is 1.87. The zero-order valence-electron chi connectivity index (χ0n) is 78.7. The number of benzene rings is 20. The van der Waals surface area contributed by atoms with E-state index < -0.39 is 0 Å². The zero-order chi connectivity index (χ0) is 92.5. The maximum Gasteiger partial charge on any atom is 0.164 e. The van der Waals surface area contributed by atoms with Crippen molar-refractivity contribution in [3.8, 4) is 67.5 Å². The molecular formula is C129H103N5OS. The highest BCUT2D eigenvalue weighted by atomic mass is 32.1. The molecule has 0 saturated carbocycles. The van der Waals surface area contributed by atoms with Crippen LogP contribution in [0.2, 0.25) is 0 Å². The molecule has 136 heavy (non-hydrogen) atoms. The number of aromatic nitrogens is 3. The van der Waals surface area contributed by atoms with E-state index in [2.05, 4.69) is 451 Å². The molecular weight excluding hydrogens is 1670 g/mol. The van der Waals surface area contributed by atoms with E-state index in [-0.39, 0.29) is 32.5 Å². The topological polar surface area (TPSA) is 58.3 Å². The van der Waals surface area contributed by atoms with Crippen molar-refractivity contribution in [3.63, 3.8) is 0 Å². The average Bonchev–Trinajstić information content (AvgIpc) is 0.998. The molecule has 0 bridgehead atoms. The number of anilines is 6. The lowest BCUT2D eigenvalue weighted by Crippen LogP contribution is -2.43. The van der Waals surface area contributed by atoms with Crippen LogP contribution in [0.1, 0.15) is 116 Å². The molecule has 20 aromatic carbocycles. The van der Waals surface area contributed by atoms with Crippen LogP contribution in [-0.2, 0) is 32.5 Å². The second kappa shape index (κ2) is 31.6. The summed E-state index contributed by atoms with van der Waals surface area (Å²) < 4.78 is 9.01. The minimum Gasteiger partial charge on any atom is -0.456 e. The molecule has 656 valence electrons. The minimum absolute atomic E-state index is 0.0921. The van der Waals surface area contributed by atoms with Crippen LogP contribution in [0.15, 0.2) is 411 Å². The van der Waals surface area contributed by atoms with Crippen molar-refractivity contribution in [2.75, 3.05) is 9.80 Å². The normalized spacial score (nSPS) is 14.8. The van der Waals surface area contributed by atoms with Crippen LogP contribution in [0.25, 0.3) is 174 Å². The smallest absolute Gasteiger partial charge is 0.164 e. The highest BCUT2D eigenvalue weighted by Gasteiger charge is 2.50. The van der Waals surface area contributed by atoms with Crippen LogP contribution < -0.4 is 9.80 Å². The maximum atomic E-state index is 6.35. The first-order valence-corrected chi connectivity index (χ1v) is 48.5. The molecule has 6 nitrogen and oxygen atoms in total. The summed E-state index contributed by atoms with van der Waals surface area (Å²) in [6.07, 6.45) is 0. The summed E-state index contributed by atoms with van der Waals surface area (Å²) in [7, 11) is 0. The SMILES string of the molecule is CC1(C)c2cc(-c3nc(-c4ccccc4)nc(-c4ccccc4)n3)ccc2-c2ccc3ccc4ccccc4c3c2C1(C)C.CC1(C)c2cc(N(c3ccccc3)c3ccc4c(c3)oc3ccccc34)ccc2-c2c(ccc3ccc4ccccc4c23)C1(C)C.CC1(C)c2cc(N(c3ccccc3)c3ccc4sc5ccccc5c4c3)ccc2-c2c(ccc3ccc4ccccc4c23)C1(C)C. The fourth-order valence-corrected chi connectivity index (χ4v) is 23.8. The summed E-state index contributed by atoms with van der Waals surface area (Å²) in [6.45, 7) is 29.0. The highest BCUT2D eigenvalue weighted by Crippen LogP contribution is 2.62. The van der Waals surface area contributed by atoms with Crippen molar-refractivity contribution in [2.45, 2.75) is 116 Å². The van der Waals surface area contributed by atoms with E-state index in [1.165, 1.54) is 163 Å². The molecule has 0 saturated heterocycles. The summed E-state index contributed by atoms with van der Waals surface area (Å²) in [4.78, 5) is 19.8. The Bertz CT molecular complexity index is 8740. The van der Waals surface area contributed by atoms with Gasteiger partial charge in [0.2, 0.25) is 0 Å². The van der Waals surface area contributed by atoms with Gasteiger partial charge >= 0.3 is 0 Å². The Morgan fingerprint density at radius 2 is 0.566 bits per heavy atom. The molecule has 0 atom stereocenters. The molecule has 7 heteroatoms. The van der Waals surface area contributed by atoms with Crippen LogP contribution in [-0.4, -0.2) is 15.0 Å². The molecule has 3 aliphatic carbocycles. The third-order valence-corrected chi connectivity index (χ3v) is 33.2. The monoisotopic (exact) mass is 1770 g/mol. The second-order valence-corrected chi connectivity index (χ2v) is 41.6. The van der Waals surface area contributed by atoms with Gasteiger partial charge in [0, 0.05) is 93.2 Å². The lowest BCUT2D eigenvalue weighted by Gasteiger charge is -2.49. The van der Waals surface area contributed by atoms with Gasteiger partial charge in [0.25, 0.3) is 0 Å². The number of para-hydroxylation sites is 3. The molecule has 0 spiro atoms. The Morgan fingerprint density at radius 3 is 1.10 bits per heavy atom. The standard InChI is InChI=1S/C44H35NO.C44H35NS.C41H33N3/c1-43(2)37-25-20-29-19-18-28-12-8-9-15-33(28)41(29)42(37)36-24-22-31(26-38(36)44(43,3)4)45(30-13-6-5-7-14-30)32-21-23-35-34-16-10-11-17-39(34)46-40(35)27-32;1-43(2)37-24-20-29-19-18-28-12-8-9-15-33(28)41(29)42(37)35-23-21-32(27-38(35)44(43,3)4)45(30-13-6-5-7-14-30)31-22-25-40-36(26-31)34-16-10-11-17-39(34)46-40;1-40(2)34-25-30(39-43-37(28-14-7-5-8-15-28)42-38(44-39)29-16-9-6-10-17-29)22-23-32(34)33-24-21-27-20-19-26-13-11-12-18-31(26)35(27)36(33)41(40,3)4/h2*5-27H,1-4H3;5-25H,1-4H3. The Hall–Kier alpha value is -15.4. The predicted octanol–water partition coefficient (Wildman–Crippen LogP) is 36.1. The van der Waals surface area contributed by atoms with Gasteiger partial charge in [-0.2, -0.15) is 0 Å². The summed E-state index contributed by atoms with van der Waals surface area (Å²) in [5, 5.41) is 20.7. The lowest BCUT2D eigenvalue weighted by molar-refractivity contribution is 0.299. The molecule has 0 radical (unpaired) electrons. The van der Waals surface area contributed by atoms with E-state index in [0.29, 0.717) is 17.5 Å². The van der Waals surface area contributed by atoms with E-state index >= 15 is 0 Å². The molecule has 0 aliphatic heterocycles. The van der Waals surface area contributed by atoms with Crippen molar-refractivity contribution in [3.05, 3.63) is 440 Å². The van der Waals surface area contributed by atoms with Crippen LogP contribution in [0, 0.1) is 0 Å². The van der Waals surface area contributed by atoms with E-state index in [9.17, 15) is 0 Å². The van der Waals surface area contributed by atoms with Gasteiger partial charge < -0.3 is 14.2 Å². The average molecular weight is 1770 g/mol. The Labute approximate surface area is 798 Å². The van der Waals surface area contributed by atoms with Crippen LogP contribution in [0.4, 0.5) is 34.1 Å². The first-order chi connectivity index (χ1) is 66.0. The quantitative estimate of drug-likeness (QED) is 0.134. The van der Waals surface area contributed by atoms with Crippen LogP contribution in [0.3, 0.4) is 0 Å². The highest BCUT2D eigenvalue weighted by molar-refractivity contribution is 7.25. The molecule has 0 unspecified atom stereocenters. The third kappa shape index (κ3) is 13.1. The lowest BCUT2D eigenvalue weighted by atomic mass is 9.54. The fourth-order valence-electron chi connectivity index (χ4n) is 22.7. The van der Waals surface area contributed by atoms with Crippen LogP contribution >= 0.6 is 11.3 Å². The fraction of sp³-hybridized carbons (Fsp3) is 0.140. The zero-order valence-corrected chi connectivity index (χ0v) is 79.6. The number of hydrogen-bond donors (Lipinski definition) is 0. The van der Waals surface area contributed by atoms with Gasteiger partial charge in [-0.1, -0.05) is 386 Å². The minimum atomic E-state index is -0.172. The van der Waals surface area contributed by atoms with E-state index in [1.54, 1.807) is 0 Å². The summed E-state index contributed by atoms with van der Waals surface area (Å²) in [5.74, 6) is 2.04. The van der Waals surface area contributed by atoms with Gasteiger partial charge in [0.05, 0.1) is 0 Å². The van der Waals surface area contributed by atoms with Gasteiger partial charge in [-0.15, -0.1) is 11.3 Å². The first-order valence-electron chi connectivity index (χ1n) is 47.7. The van der Waals surface area contributed by atoms with Gasteiger partial charge in [-0.25, -0.2) is 15.0 Å². The molecule has 23 aromatic rings. The van der Waals surface area contributed by atoms with Crippen molar-refractivity contribution in [1.29, 1.82) is 0 Å². The Balaban J connectivity index is 0.000000112. The van der Waals surface area contributed by atoms with E-state index in [1.807, 2.05) is 59.9 Å². The molecule has 3 heterocycles. The molecule has 0 amide bonds. The maximum absolute atomic E-state index is 6.35. The Morgan fingerprint density at radius 1 is 0.213 bits per heavy atom. The Kier molecular flexibility index (Phi) is 19.5. The first kappa shape index (κ1) is 83.6. The summed E-state index contributed by atoms with van der Waals surface area (Å²) in [5.41, 5.74) is 27.2. The number of nitrogens with zero attached hydrogens (tertiary/aromatic N) is 5. The van der Waals surface area contributed by atoms with E-state index in [4.69, 9.17) is 19.4 Å². The van der Waals surface area contributed by atoms with Crippen LogP contribution in [0.5, 0.6) is 0 Å². The van der Waals surface area contributed by atoms with Crippen molar-refractivity contribution in [2.24, 2.45) is 0 Å². The van der Waals surface area contributed by atoms with Gasteiger partial charge in [-0.3, -0.25) is 0 Å². The molecule has 26 rings (SSSR count). The van der Waals surface area contributed by atoms with Gasteiger partial charge in [0.1, 0.15) is 11.2 Å². The third-order valence-electron chi connectivity index (χ3n) is 32.0. The molecule has 0 N–H and O–H groups in total. The van der Waals surface area contributed by atoms with Crippen molar-refractivity contribution in [1.82, 2.24) is 15.0 Å². The van der Waals surface area contributed by atoms with E-state index in [0.717, 1.165) is 61.4 Å². The number of furan rings is 1. The molecule has 3 aromatic heterocycles. The molecule has 0 fully saturated rings. The number of hydrogen-bond acceptors (Lipinski definition) is 7. The molecule has 3 aliphatic rings. The number of fused-ring (bicyclic) bond motifs is 27. The predicted molar refractivity (Wildman–Crippen MR) is 578 cm³/mol.